The Balaban J connectivity index is 1.67. The largest absolute Gasteiger partial charge is 0.355 e. The summed E-state index contributed by atoms with van der Waals surface area (Å²) in [6.07, 6.45) is 1.58. The number of nitrogens with one attached hydrogen (secondary N) is 1. The summed E-state index contributed by atoms with van der Waals surface area (Å²) in [5, 5.41) is 10.9. The first-order chi connectivity index (χ1) is 11.2. The first kappa shape index (κ1) is 18.2. The minimum atomic E-state index is -0.234. The van der Waals surface area contributed by atoms with Crippen LogP contribution in [0, 0.1) is 5.82 Å². The predicted octanol–water partition coefficient (Wildman–Crippen LogP) is 3.63. The molecular weight excluding hydrogens is 353 g/mol. The number of halogens is 1. The molecular formula is C15H18FN3OS3. The molecule has 0 fully saturated rings. The monoisotopic (exact) mass is 371 g/mol. The molecule has 4 nitrogen and oxygen atoms in total. The molecule has 0 aliphatic heterocycles. The third-order valence-electron chi connectivity index (χ3n) is 2.82. The second-order valence-corrected chi connectivity index (χ2v) is 8.20. The van der Waals surface area contributed by atoms with E-state index in [1.807, 2.05) is 0 Å². The van der Waals surface area contributed by atoms with Crippen molar-refractivity contribution in [3.8, 4) is 0 Å². The van der Waals surface area contributed by atoms with Crippen LogP contribution in [0.15, 0.2) is 32.9 Å². The molecule has 2 aromatic rings. The Morgan fingerprint density at radius 2 is 2.00 bits per heavy atom. The molecule has 1 N–H and O–H groups in total. The van der Waals surface area contributed by atoms with Crippen LogP contribution in [-0.2, 0) is 11.2 Å². The second kappa shape index (κ2) is 9.89. The summed E-state index contributed by atoms with van der Waals surface area (Å²) in [5.41, 5.74) is 0.613. The smallest absolute Gasteiger partial charge is 0.230 e. The van der Waals surface area contributed by atoms with Crippen LogP contribution in [0.2, 0.25) is 0 Å². The van der Waals surface area contributed by atoms with Gasteiger partial charge in [-0.05, 0) is 24.5 Å². The van der Waals surface area contributed by atoms with Crippen LogP contribution < -0.4 is 5.32 Å². The topological polar surface area (TPSA) is 54.9 Å². The minimum Gasteiger partial charge on any atom is -0.355 e. The van der Waals surface area contributed by atoms with Crippen LogP contribution in [0.5, 0.6) is 0 Å². The number of carbonyl (C=O) groups is 1. The molecule has 0 spiro atoms. The molecule has 0 radical (unpaired) electrons. The fourth-order valence-corrected chi connectivity index (χ4v) is 4.49. The molecule has 1 amide bonds. The quantitative estimate of drug-likeness (QED) is 0.682. The van der Waals surface area contributed by atoms with Crippen LogP contribution in [0.3, 0.4) is 0 Å². The van der Waals surface area contributed by atoms with Gasteiger partial charge in [-0.3, -0.25) is 4.79 Å². The molecule has 2 rings (SSSR count). The van der Waals surface area contributed by atoms with Crippen LogP contribution >= 0.6 is 34.9 Å². The highest BCUT2D eigenvalue weighted by atomic mass is 32.2. The Kier molecular flexibility index (Phi) is 7.84. The standard InChI is InChI=1S/C15H18FN3OS3/c1-2-9-21-14-18-19-15(23-14)22-10-13(20)17-8-7-11-5-3-4-6-12(11)16/h3-6H,2,7-10H2,1H3,(H,17,20). The zero-order valence-corrected chi connectivity index (χ0v) is 15.2. The van der Waals surface area contributed by atoms with Crippen LogP contribution in [0.25, 0.3) is 0 Å². The van der Waals surface area contributed by atoms with Crippen molar-refractivity contribution < 1.29 is 9.18 Å². The Labute approximate surface area is 147 Å². The van der Waals surface area contributed by atoms with Crippen LogP contribution in [-0.4, -0.2) is 34.2 Å². The summed E-state index contributed by atoms with van der Waals surface area (Å²) < 4.78 is 15.2. The average Bonchev–Trinajstić information content (AvgIpc) is 3.01. The highest BCUT2D eigenvalue weighted by Crippen LogP contribution is 2.28. The maximum Gasteiger partial charge on any atom is 0.230 e. The molecule has 124 valence electrons. The number of amides is 1. The van der Waals surface area contributed by atoms with Gasteiger partial charge in [-0.1, -0.05) is 60.0 Å². The highest BCUT2D eigenvalue weighted by molar-refractivity contribution is 8.03. The highest BCUT2D eigenvalue weighted by Gasteiger charge is 2.08. The molecule has 1 aromatic heterocycles. The van der Waals surface area contributed by atoms with Gasteiger partial charge < -0.3 is 5.32 Å². The lowest BCUT2D eigenvalue weighted by Gasteiger charge is -2.05. The van der Waals surface area contributed by atoms with Gasteiger partial charge in [0.25, 0.3) is 0 Å². The third kappa shape index (κ3) is 6.48. The van der Waals surface area contributed by atoms with Gasteiger partial charge in [0.05, 0.1) is 5.75 Å². The summed E-state index contributed by atoms with van der Waals surface area (Å²) in [6.45, 7) is 2.55. The predicted molar refractivity (Wildman–Crippen MR) is 94.8 cm³/mol. The van der Waals surface area contributed by atoms with Gasteiger partial charge in [0.2, 0.25) is 5.91 Å². The number of thioether (sulfide) groups is 2. The Morgan fingerprint density at radius 1 is 1.26 bits per heavy atom. The van der Waals surface area contributed by atoms with E-state index in [2.05, 4.69) is 22.4 Å². The number of hydrogen-bond donors (Lipinski definition) is 1. The first-order valence-corrected chi connectivity index (χ1v) is 10.1. The van der Waals surface area contributed by atoms with Crippen molar-refractivity contribution >= 4 is 40.8 Å². The molecule has 0 unspecified atom stereocenters. The molecule has 23 heavy (non-hydrogen) atoms. The number of benzene rings is 1. The Hall–Kier alpha value is -1.12. The van der Waals surface area contributed by atoms with E-state index in [0.29, 0.717) is 24.3 Å². The molecule has 0 saturated heterocycles. The molecule has 1 heterocycles. The van der Waals surface area contributed by atoms with Gasteiger partial charge >= 0.3 is 0 Å². The van der Waals surface area contributed by atoms with E-state index in [-0.39, 0.29) is 11.7 Å². The van der Waals surface area contributed by atoms with Gasteiger partial charge in [-0.15, -0.1) is 10.2 Å². The lowest BCUT2D eigenvalue weighted by atomic mass is 10.1. The van der Waals surface area contributed by atoms with Gasteiger partial charge in [0, 0.05) is 12.3 Å². The maximum atomic E-state index is 13.4. The third-order valence-corrected chi connectivity index (χ3v) is 6.21. The second-order valence-electron chi connectivity index (χ2n) is 4.66. The molecule has 1 aromatic carbocycles. The van der Waals surface area contributed by atoms with Gasteiger partial charge in [0.15, 0.2) is 8.68 Å². The number of hydrogen-bond acceptors (Lipinski definition) is 6. The van der Waals surface area contributed by atoms with Crippen molar-refractivity contribution in [3.05, 3.63) is 35.6 Å². The number of rotatable bonds is 9. The van der Waals surface area contributed by atoms with Crippen molar-refractivity contribution in [2.75, 3.05) is 18.1 Å². The van der Waals surface area contributed by atoms with Crippen molar-refractivity contribution in [1.82, 2.24) is 15.5 Å². The fourth-order valence-electron chi connectivity index (χ4n) is 1.72. The summed E-state index contributed by atoms with van der Waals surface area (Å²) >= 11 is 4.57. The minimum absolute atomic E-state index is 0.0794. The molecule has 0 aliphatic rings. The van der Waals surface area contributed by atoms with Gasteiger partial charge in [0.1, 0.15) is 5.82 Å². The van der Waals surface area contributed by atoms with Crippen LogP contribution in [0.1, 0.15) is 18.9 Å². The summed E-state index contributed by atoms with van der Waals surface area (Å²) in [5.74, 6) is 1.01. The lowest BCUT2D eigenvalue weighted by Crippen LogP contribution is -2.27. The summed E-state index contributed by atoms with van der Waals surface area (Å²) in [7, 11) is 0. The SMILES string of the molecule is CCCSc1nnc(SCC(=O)NCCc2ccccc2F)s1. The Bertz CT molecular complexity index is 636. The zero-order valence-electron chi connectivity index (χ0n) is 12.8. The van der Waals surface area contributed by atoms with Gasteiger partial charge in [-0.25, -0.2) is 4.39 Å². The van der Waals surface area contributed by atoms with E-state index in [9.17, 15) is 9.18 Å². The van der Waals surface area contributed by atoms with E-state index in [4.69, 9.17) is 0 Å². The van der Waals surface area contributed by atoms with Crippen molar-refractivity contribution in [3.63, 3.8) is 0 Å². The van der Waals surface area contributed by atoms with Crippen molar-refractivity contribution in [2.24, 2.45) is 0 Å². The first-order valence-electron chi connectivity index (χ1n) is 7.28. The van der Waals surface area contributed by atoms with E-state index in [0.717, 1.165) is 20.9 Å². The lowest BCUT2D eigenvalue weighted by molar-refractivity contribution is -0.118. The van der Waals surface area contributed by atoms with E-state index >= 15 is 0 Å². The fraction of sp³-hybridized carbons (Fsp3) is 0.400. The molecule has 0 bridgehead atoms. The molecule has 0 saturated carbocycles. The maximum absolute atomic E-state index is 13.4. The average molecular weight is 372 g/mol. The zero-order chi connectivity index (χ0) is 16.5. The Morgan fingerprint density at radius 3 is 2.74 bits per heavy atom. The molecule has 0 aliphatic carbocycles. The van der Waals surface area contributed by atoms with E-state index < -0.39 is 0 Å². The summed E-state index contributed by atoms with van der Waals surface area (Å²) in [6, 6.07) is 6.60. The normalized spacial score (nSPS) is 10.7. The van der Waals surface area contributed by atoms with Crippen molar-refractivity contribution in [1.29, 1.82) is 0 Å². The van der Waals surface area contributed by atoms with Gasteiger partial charge in [-0.2, -0.15) is 0 Å². The number of nitrogens with zero attached hydrogens (tertiary/aromatic N) is 2. The van der Waals surface area contributed by atoms with E-state index in [1.165, 1.54) is 29.2 Å². The number of aromatic nitrogens is 2. The molecule has 0 atom stereocenters. The van der Waals surface area contributed by atoms with E-state index in [1.54, 1.807) is 30.0 Å². The number of carbonyl (C=O) groups excluding carboxylic acids is 1. The molecule has 8 heteroatoms. The van der Waals surface area contributed by atoms with Crippen LogP contribution in [0.4, 0.5) is 4.39 Å². The van der Waals surface area contributed by atoms with Crippen molar-refractivity contribution in [2.45, 2.75) is 28.4 Å². The summed E-state index contributed by atoms with van der Waals surface area (Å²) in [4.78, 5) is 11.8.